The first-order valence-electron chi connectivity index (χ1n) is 11.4. The normalized spacial score (nSPS) is 11.4. The zero-order valence-electron chi connectivity index (χ0n) is 19.7. The molecule has 0 saturated carbocycles. The molecule has 9 nitrogen and oxygen atoms in total. The number of carbonyl (C=O) groups excluding carboxylic acids is 1. The Balaban J connectivity index is 1.57. The minimum absolute atomic E-state index is 0.108. The van der Waals surface area contributed by atoms with Crippen LogP contribution in [0.1, 0.15) is 32.5 Å². The molecular formula is C25H29N5O4. The molecule has 0 radical (unpaired) electrons. The van der Waals surface area contributed by atoms with E-state index in [0.29, 0.717) is 48.7 Å². The van der Waals surface area contributed by atoms with Crippen LogP contribution in [0.25, 0.3) is 16.7 Å². The Kier molecular flexibility index (Phi) is 7.22. The molecular weight excluding hydrogens is 434 g/mol. The molecule has 0 spiro atoms. The fourth-order valence-electron chi connectivity index (χ4n) is 3.84. The highest BCUT2D eigenvalue weighted by Crippen LogP contribution is 2.17. The number of benzene rings is 2. The Morgan fingerprint density at radius 2 is 1.85 bits per heavy atom. The summed E-state index contributed by atoms with van der Waals surface area (Å²) in [6.07, 6.45) is 1.42. The number of hydrogen-bond donors (Lipinski definition) is 1. The summed E-state index contributed by atoms with van der Waals surface area (Å²) in [4.78, 5) is 25.7. The third kappa shape index (κ3) is 5.09. The minimum atomic E-state index is -0.134. The molecule has 0 bridgehead atoms. The second-order valence-electron chi connectivity index (χ2n) is 8.28. The molecule has 4 aromatic rings. The summed E-state index contributed by atoms with van der Waals surface area (Å²) in [6, 6.07) is 14.6. The summed E-state index contributed by atoms with van der Waals surface area (Å²) in [5.41, 5.74) is 1.32. The molecule has 0 unspecified atom stereocenters. The molecule has 9 heteroatoms. The van der Waals surface area contributed by atoms with Crippen LogP contribution >= 0.6 is 0 Å². The third-order valence-corrected chi connectivity index (χ3v) is 5.50. The summed E-state index contributed by atoms with van der Waals surface area (Å²) in [6.45, 7) is 4.98. The number of carbonyl (C=O) groups is 1. The largest absolute Gasteiger partial charge is 0.497 e. The molecule has 1 amide bonds. The molecule has 2 aromatic carbocycles. The summed E-state index contributed by atoms with van der Waals surface area (Å²) in [5, 5.41) is 12.1. The van der Waals surface area contributed by atoms with Crippen molar-refractivity contribution in [2.24, 2.45) is 0 Å². The Morgan fingerprint density at radius 1 is 1.09 bits per heavy atom. The number of aryl methyl sites for hydroxylation is 2. The van der Waals surface area contributed by atoms with Gasteiger partial charge < -0.3 is 14.8 Å². The number of nitrogens with one attached hydrogen (secondary N) is 1. The molecule has 1 N–H and O–H groups in total. The van der Waals surface area contributed by atoms with E-state index in [1.54, 1.807) is 42.0 Å². The zero-order valence-corrected chi connectivity index (χ0v) is 19.7. The molecule has 2 aromatic heterocycles. The van der Waals surface area contributed by atoms with E-state index in [1.165, 1.54) is 0 Å². The number of aromatic nitrogens is 4. The van der Waals surface area contributed by atoms with Crippen molar-refractivity contribution in [1.29, 1.82) is 0 Å². The first-order valence-corrected chi connectivity index (χ1v) is 11.4. The van der Waals surface area contributed by atoms with Crippen LogP contribution in [0.15, 0.2) is 53.3 Å². The Morgan fingerprint density at radius 3 is 2.59 bits per heavy atom. The second-order valence-corrected chi connectivity index (χ2v) is 8.28. The molecule has 178 valence electrons. The molecule has 0 atom stereocenters. The minimum Gasteiger partial charge on any atom is -0.497 e. The predicted molar refractivity (Wildman–Crippen MR) is 130 cm³/mol. The summed E-state index contributed by atoms with van der Waals surface area (Å²) in [7, 11) is 1.60. The van der Waals surface area contributed by atoms with Crippen LogP contribution < -0.4 is 15.6 Å². The number of methoxy groups -OCH3 is 1. The van der Waals surface area contributed by atoms with Gasteiger partial charge in [0, 0.05) is 31.7 Å². The monoisotopic (exact) mass is 463 g/mol. The highest BCUT2D eigenvalue weighted by molar-refractivity contribution is 5.90. The highest BCUT2D eigenvalue weighted by Gasteiger charge is 2.17. The van der Waals surface area contributed by atoms with Crippen molar-refractivity contribution < 1.29 is 14.3 Å². The van der Waals surface area contributed by atoms with E-state index in [1.807, 2.05) is 36.4 Å². The maximum Gasteiger partial charge on any atom is 0.262 e. The Bertz CT molecular complexity index is 1340. The number of rotatable bonds is 10. The van der Waals surface area contributed by atoms with Crippen molar-refractivity contribution in [3.63, 3.8) is 0 Å². The van der Waals surface area contributed by atoms with Crippen LogP contribution in [0.3, 0.4) is 0 Å². The number of fused-ring (bicyclic) bond motifs is 3. The molecule has 0 aliphatic rings. The number of amides is 1. The molecule has 0 fully saturated rings. The van der Waals surface area contributed by atoms with Gasteiger partial charge in [-0.3, -0.25) is 18.6 Å². The van der Waals surface area contributed by atoms with E-state index in [2.05, 4.69) is 15.5 Å². The molecule has 4 rings (SSSR count). The molecule has 0 aliphatic heterocycles. The van der Waals surface area contributed by atoms with Gasteiger partial charge >= 0.3 is 0 Å². The van der Waals surface area contributed by atoms with E-state index in [9.17, 15) is 9.59 Å². The van der Waals surface area contributed by atoms with E-state index in [-0.39, 0.29) is 24.0 Å². The Hall–Kier alpha value is -3.72. The molecule has 0 saturated heterocycles. The van der Waals surface area contributed by atoms with E-state index in [0.717, 1.165) is 11.3 Å². The first-order chi connectivity index (χ1) is 16.5. The quantitative estimate of drug-likeness (QED) is 0.362. The fraction of sp³-hybridized carbons (Fsp3) is 0.360. The van der Waals surface area contributed by atoms with Crippen LogP contribution in [0, 0.1) is 0 Å². The van der Waals surface area contributed by atoms with Crippen molar-refractivity contribution in [3.8, 4) is 5.75 Å². The van der Waals surface area contributed by atoms with Gasteiger partial charge in [0.15, 0.2) is 0 Å². The van der Waals surface area contributed by atoms with Crippen LogP contribution in [0.4, 0.5) is 5.69 Å². The standard InChI is InChI=1S/C25H29N5O4/c1-17(2)34-16-6-15-29-24(32)20-7-4-5-8-21(20)30-22(27-28-25(29)30)13-14-23(31)26-18-9-11-19(33-3)12-10-18/h4-5,7-12,17H,6,13-16H2,1-3H3,(H,26,31). The summed E-state index contributed by atoms with van der Waals surface area (Å²) < 4.78 is 14.3. The molecule has 34 heavy (non-hydrogen) atoms. The predicted octanol–water partition coefficient (Wildman–Crippen LogP) is 3.44. The summed E-state index contributed by atoms with van der Waals surface area (Å²) >= 11 is 0. The van der Waals surface area contributed by atoms with Crippen molar-refractivity contribution >= 4 is 28.3 Å². The lowest BCUT2D eigenvalue weighted by Crippen LogP contribution is -2.24. The van der Waals surface area contributed by atoms with Gasteiger partial charge in [0.05, 0.1) is 24.1 Å². The Labute approximate surface area is 197 Å². The maximum atomic E-state index is 13.2. The summed E-state index contributed by atoms with van der Waals surface area (Å²) in [5.74, 6) is 1.69. The van der Waals surface area contributed by atoms with E-state index >= 15 is 0 Å². The highest BCUT2D eigenvalue weighted by atomic mass is 16.5. The van der Waals surface area contributed by atoms with Gasteiger partial charge in [0.1, 0.15) is 11.6 Å². The topological polar surface area (TPSA) is 99.8 Å². The van der Waals surface area contributed by atoms with Crippen LogP contribution in [0.2, 0.25) is 0 Å². The number of hydrogen-bond acceptors (Lipinski definition) is 6. The van der Waals surface area contributed by atoms with Crippen LogP contribution in [-0.4, -0.2) is 44.9 Å². The number of para-hydroxylation sites is 1. The van der Waals surface area contributed by atoms with E-state index in [4.69, 9.17) is 9.47 Å². The first kappa shape index (κ1) is 23.4. The van der Waals surface area contributed by atoms with Crippen LogP contribution in [-0.2, 0) is 22.5 Å². The molecule has 0 aliphatic carbocycles. The fourth-order valence-corrected chi connectivity index (χ4v) is 3.84. The van der Waals surface area contributed by atoms with Gasteiger partial charge in [-0.25, -0.2) is 0 Å². The van der Waals surface area contributed by atoms with Gasteiger partial charge in [-0.05, 0) is 56.7 Å². The smallest absolute Gasteiger partial charge is 0.262 e. The molecule has 2 heterocycles. The van der Waals surface area contributed by atoms with Crippen molar-refractivity contribution in [3.05, 3.63) is 64.7 Å². The van der Waals surface area contributed by atoms with Gasteiger partial charge in [0.2, 0.25) is 11.7 Å². The number of anilines is 1. The van der Waals surface area contributed by atoms with Crippen molar-refractivity contribution in [2.75, 3.05) is 19.0 Å². The lowest BCUT2D eigenvalue weighted by atomic mass is 10.2. The number of ether oxygens (including phenoxy) is 2. The average molecular weight is 464 g/mol. The maximum absolute atomic E-state index is 13.2. The van der Waals surface area contributed by atoms with Gasteiger partial charge in [-0.15, -0.1) is 10.2 Å². The van der Waals surface area contributed by atoms with Crippen LogP contribution in [0.5, 0.6) is 5.75 Å². The lowest BCUT2D eigenvalue weighted by Gasteiger charge is -2.12. The number of nitrogens with zero attached hydrogens (tertiary/aromatic N) is 4. The SMILES string of the molecule is COc1ccc(NC(=O)CCc2nnc3n(CCCOC(C)C)c(=O)c4ccccc4n23)cc1. The van der Waals surface area contributed by atoms with Gasteiger partial charge in [-0.1, -0.05) is 12.1 Å². The van der Waals surface area contributed by atoms with Gasteiger partial charge in [0.25, 0.3) is 5.56 Å². The average Bonchev–Trinajstić information content (AvgIpc) is 3.26. The zero-order chi connectivity index (χ0) is 24.1. The second kappa shape index (κ2) is 10.5. The third-order valence-electron chi connectivity index (χ3n) is 5.50. The van der Waals surface area contributed by atoms with Gasteiger partial charge in [-0.2, -0.15) is 0 Å². The van der Waals surface area contributed by atoms with E-state index < -0.39 is 0 Å². The van der Waals surface area contributed by atoms with Crippen molar-refractivity contribution in [2.45, 2.75) is 45.8 Å². The lowest BCUT2D eigenvalue weighted by molar-refractivity contribution is -0.116. The van der Waals surface area contributed by atoms with Crippen molar-refractivity contribution in [1.82, 2.24) is 19.2 Å².